The van der Waals surface area contributed by atoms with Crippen LogP contribution in [0, 0.1) is 11.6 Å². The van der Waals surface area contributed by atoms with Crippen molar-refractivity contribution >= 4 is 44.2 Å². The number of nitrogens with one attached hydrogen (secondary N) is 2. The zero-order valence-corrected chi connectivity index (χ0v) is 18.6. The SMILES string of the molecule is C[C@@H](O)[C@H](NC(=O)c1ccc(-c2ccc(Nc3nc4ccc(F)cc4s3)c(F)c2)cc1)C(=O)O. The first-order chi connectivity index (χ1) is 16.2. The molecule has 4 rings (SSSR count). The van der Waals surface area contributed by atoms with Gasteiger partial charge in [-0.2, -0.15) is 0 Å². The minimum absolute atomic E-state index is 0.196. The first-order valence-electron chi connectivity index (χ1n) is 10.2. The number of thiazole rings is 1. The molecule has 1 amide bonds. The highest BCUT2D eigenvalue weighted by Crippen LogP contribution is 2.31. The summed E-state index contributed by atoms with van der Waals surface area (Å²) in [6, 6.07) is 13.6. The second kappa shape index (κ2) is 9.54. The van der Waals surface area contributed by atoms with E-state index in [0.29, 0.717) is 26.5 Å². The highest BCUT2D eigenvalue weighted by atomic mass is 32.1. The van der Waals surface area contributed by atoms with Gasteiger partial charge in [0, 0.05) is 5.56 Å². The zero-order chi connectivity index (χ0) is 24.4. The van der Waals surface area contributed by atoms with Gasteiger partial charge in [0.15, 0.2) is 11.2 Å². The average molecular weight is 483 g/mol. The van der Waals surface area contributed by atoms with Gasteiger partial charge in [-0.05, 0) is 60.5 Å². The second-order valence-electron chi connectivity index (χ2n) is 7.56. The molecule has 0 bridgehead atoms. The Morgan fingerprint density at radius 3 is 2.35 bits per heavy atom. The van der Waals surface area contributed by atoms with Crippen molar-refractivity contribution in [1.82, 2.24) is 10.3 Å². The number of anilines is 2. The van der Waals surface area contributed by atoms with Crippen LogP contribution < -0.4 is 10.6 Å². The van der Waals surface area contributed by atoms with Crippen molar-refractivity contribution in [2.45, 2.75) is 19.1 Å². The number of aliphatic hydroxyl groups is 1. The Balaban J connectivity index is 1.48. The number of amides is 1. The summed E-state index contributed by atoms with van der Waals surface area (Å²) in [6.45, 7) is 1.27. The van der Waals surface area contributed by atoms with Crippen molar-refractivity contribution in [2.75, 3.05) is 5.32 Å². The molecule has 4 aromatic rings. The Morgan fingerprint density at radius 1 is 1.00 bits per heavy atom. The third kappa shape index (κ3) is 5.03. The molecule has 7 nitrogen and oxygen atoms in total. The summed E-state index contributed by atoms with van der Waals surface area (Å²) in [5.41, 5.74) is 2.22. The van der Waals surface area contributed by atoms with Gasteiger partial charge in [0.1, 0.15) is 11.6 Å². The quantitative estimate of drug-likeness (QED) is 0.307. The van der Waals surface area contributed by atoms with Crippen molar-refractivity contribution in [2.24, 2.45) is 0 Å². The molecule has 4 N–H and O–H groups in total. The fraction of sp³-hybridized carbons (Fsp3) is 0.125. The standard InChI is InChI=1S/C24H19F2N3O4S/c1-12(30)21(23(32)33)29-22(31)14-4-2-13(3-5-14)15-6-8-18(17(26)10-15)27-24-28-19-9-7-16(25)11-20(19)34-24/h2-12,21,30H,1H3,(H,27,28)(H,29,31)(H,32,33)/t12-,21+/m1/s1. The van der Waals surface area contributed by atoms with Crippen LogP contribution in [0.2, 0.25) is 0 Å². The lowest BCUT2D eigenvalue weighted by Crippen LogP contribution is -2.47. The number of aliphatic hydroxyl groups excluding tert-OH is 1. The molecule has 0 aliphatic heterocycles. The number of carboxylic acid groups (broad SMARTS) is 1. The van der Waals surface area contributed by atoms with Crippen molar-refractivity contribution in [3.8, 4) is 11.1 Å². The van der Waals surface area contributed by atoms with E-state index in [-0.39, 0.29) is 17.1 Å². The average Bonchev–Trinajstić information content (AvgIpc) is 3.19. The molecule has 2 atom stereocenters. The second-order valence-corrected chi connectivity index (χ2v) is 8.59. The Kier molecular flexibility index (Phi) is 6.53. The summed E-state index contributed by atoms with van der Waals surface area (Å²) >= 11 is 1.21. The number of aliphatic carboxylic acids is 1. The molecule has 174 valence electrons. The van der Waals surface area contributed by atoms with Gasteiger partial charge in [0.25, 0.3) is 5.91 Å². The fourth-order valence-electron chi connectivity index (χ4n) is 3.29. The molecule has 0 saturated carbocycles. The summed E-state index contributed by atoms with van der Waals surface area (Å²) in [6.07, 6.45) is -1.26. The van der Waals surface area contributed by atoms with E-state index < -0.39 is 29.8 Å². The van der Waals surface area contributed by atoms with Crippen LogP contribution in [0.25, 0.3) is 21.3 Å². The van der Waals surface area contributed by atoms with Crippen LogP contribution >= 0.6 is 11.3 Å². The number of fused-ring (bicyclic) bond motifs is 1. The van der Waals surface area contributed by atoms with Crippen molar-refractivity contribution < 1.29 is 28.6 Å². The molecule has 0 radical (unpaired) electrons. The Labute approximate surface area is 196 Å². The summed E-state index contributed by atoms with van der Waals surface area (Å²) in [7, 11) is 0. The summed E-state index contributed by atoms with van der Waals surface area (Å²) in [5.74, 6) is -2.89. The fourth-order valence-corrected chi connectivity index (χ4v) is 4.19. The van der Waals surface area contributed by atoms with E-state index in [1.807, 2.05) is 0 Å². The van der Waals surface area contributed by atoms with E-state index in [9.17, 15) is 23.5 Å². The van der Waals surface area contributed by atoms with Gasteiger partial charge in [0.05, 0.1) is 22.0 Å². The number of benzene rings is 3. The van der Waals surface area contributed by atoms with Crippen molar-refractivity contribution in [3.05, 3.63) is 77.9 Å². The number of carbonyl (C=O) groups excluding carboxylic acids is 1. The lowest BCUT2D eigenvalue weighted by molar-refractivity contribution is -0.141. The lowest BCUT2D eigenvalue weighted by atomic mass is 10.0. The summed E-state index contributed by atoms with van der Waals surface area (Å²) < 4.78 is 28.8. The number of halogens is 2. The largest absolute Gasteiger partial charge is 0.480 e. The van der Waals surface area contributed by atoms with Gasteiger partial charge in [-0.1, -0.05) is 29.5 Å². The highest BCUT2D eigenvalue weighted by Gasteiger charge is 2.25. The Morgan fingerprint density at radius 2 is 1.71 bits per heavy atom. The smallest absolute Gasteiger partial charge is 0.328 e. The molecule has 0 aliphatic carbocycles. The van der Waals surface area contributed by atoms with Gasteiger partial charge in [-0.3, -0.25) is 4.79 Å². The number of carboxylic acids is 1. The number of nitrogens with zero attached hydrogens (tertiary/aromatic N) is 1. The molecule has 0 spiro atoms. The van der Waals surface area contributed by atoms with Crippen LogP contribution in [0.15, 0.2) is 60.7 Å². The van der Waals surface area contributed by atoms with E-state index in [4.69, 9.17) is 5.11 Å². The van der Waals surface area contributed by atoms with Gasteiger partial charge in [-0.15, -0.1) is 0 Å². The van der Waals surface area contributed by atoms with Crippen LogP contribution in [0.4, 0.5) is 19.6 Å². The van der Waals surface area contributed by atoms with E-state index in [2.05, 4.69) is 15.6 Å². The molecule has 10 heteroatoms. The Bertz CT molecular complexity index is 1370. The summed E-state index contributed by atoms with van der Waals surface area (Å²) in [4.78, 5) is 27.8. The van der Waals surface area contributed by atoms with Gasteiger partial charge >= 0.3 is 5.97 Å². The predicted molar refractivity (Wildman–Crippen MR) is 125 cm³/mol. The molecule has 0 saturated heterocycles. The number of carbonyl (C=O) groups is 2. The number of aromatic nitrogens is 1. The maximum atomic E-state index is 14.8. The molecule has 0 aliphatic rings. The zero-order valence-electron chi connectivity index (χ0n) is 17.8. The molecule has 3 aromatic carbocycles. The van der Waals surface area contributed by atoms with E-state index >= 15 is 0 Å². The molecular weight excluding hydrogens is 464 g/mol. The van der Waals surface area contributed by atoms with Gasteiger partial charge in [-0.25, -0.2) is 18.6 Å². The number of hydrogen-bond donors (Lipinski definition) is 4. The van der Waals surface area contributed by atoms with Gasteiger partial charge < -0.3 is 20.8 Å². The molecule has 0 fully saturated rings. The van der Waals surface area contributed by atoms with E-state index in [1.165, 1.54) is 48.6 Å². The molecule has 34 heavy (non-hydrogen) atoms. The minimum Gasteiger partial charge on any atom is -0.480 e. The lowest BCUT2D eigenvalue weighted by Gasteiger charge is -2.17. The first kappa shape index (κ1) is 23.3. The molecular formula is C24H19F2N3O4S. The first-order valence-corrected chi connectivity index (χ1v) is 11.0. The van der Waals surface area contributed by atoms with E-state index in [1.54, 1.807) is 30.3 Å². The number of rotatable bonds is 7. The Hall–Kier alpha value is -3.89. The molecule has 1 heterocycles. The topological polar surface area (TPSA) is 112 Å². The third-order valence-electron chi connectivity index (χ3n) is 5.08. The van der Waals surface area contributed by atoms with Crippen LogP contribution in [0.1, 0.15) is 17.3 Å². The third-order valence-corrected chi connectivity index (χ3v) is 6.01. The molecule has 1 aromatic heterocycles. The maximum Gasteiger partial charge on any atom is 0.328 e. The summed E-state index contributed by atoms with van der Waals surface area (Å²) in [5, 5.41) is 24.2. The van der Waals surface area contributed by atoms with Crippen molar-refractivity contribution in [3.63, 3.8) is 0 Å². The highest BCUT2D eigenvalue weighted by molar-refractivity contribution is 7.22. The molecule has 0 unspecified atom stereocenters. The minimum atomic E-state index is -1.43. The van der Waals surface area contributed by atoms with Crippen LogP contribution in [-0.2, 0) is 4.79 Å². The van der Waals surface area contributed by atoms with Gasteiger partial charge in [0.2, 0.25) is 0 Å². The predicted octanol–water partition coefficient (Wildman–Crippen LogP) is 4.55. The van der Waals surface area contributed by atoms with Crippen LogP contribution in [0.5, 0.6) is 0 Å². The number of hydrogen-bond acceptors (Lipinski definition) is 6. The normalized spacial score (nSPS) is 12.8. The van der Waals surface area contributed by atoms with E-state index in [0.717, 1.165) is 0 Å². The van der Waals surface area contributed by atoms with Crippen LogP contribution in [0.3, 0.4) is 0 Å². The van der Waals surface area contributed by atoms with Crippen LogP contribution in [-0.4, -0.2) is 39.2 Å². The monoisotopic (exact) mass is 483 g/mol. The maximum absolute atomic E-state index is 14.8. The van der Waals surface area contributed by atoms with Crippen molar-refractivity contribution in [1.29, 1.82) is 0 Å².